The number of methoxy groups -OCH3 is 1. The van der Waals surface area contributed by atoms with Gasteiger partial charge in [-0.2, -0.15) is 8.78 Å². The third-order valence-corrected chi connectivity index (χ3v) is 9.21. The average molecular weight is 647 g/mol. The average Bonchev–Trinajstić information content (AvgIpc) is 3.59. The summed E-state index contributed by atoms with van der Waals surface area (Å²) in [6.45, 7) is 8.60. The molecule has 2 aromatic rings. The summed E-state index contributed by atoms with van der Waals surface area (Å²) in [5.74, 6) is -4.64. The fourth-order valence-corrected chi connectivity index (χ4v) is 6.81. The van der Waals surface area contributed by atoms with Crippen LogP contribution in [0.2, 0.25) is 0 Å². The third-order valence-electron chi connectivity index (χ3n) is 9.21. The number of ether oxygens (including phenoxy) is 4. The van der Waals surface area contributed by atoms with Gasteiger partial charge >= 0.3 is 6.09 Å². The van der Waals surface area contributed by atoms with Crippen LogP contribution in [-0.4, -0.2) is 83.3 Å². The molecule has 2 bridgehead atoms. The molecule has 0 spiro atoms. The number of carbonyl (C=O) groups excluding carboxylic acids is 3. The summed E-state index contributed by atoms with van der Waals surface area (Å²) < 4.78 is 55.3. The van der Waals surface area contributed by atoms with Crippen molar-refractivity contribution in [2.24, 2.45) is 11.3 Å². The highest BCUT2D eigenvalue weighted by Crippen LogP contribution is 2.41. The van der Waals surface area contributed by atoms with E-state index in [4.69, 9.17) is 18.9 Å². The van der Waals surface area contributed by atoms with E-state index >= 15 is 8.78 Å². The predicted molar refractivity (Wildman–Crippen MR) is 164 cm³/mol. The molecule has 3 heterocycles. The molecule has 1 aromatic heterocycles. The lowest BCUT2D eigenvalue weighted by Gasteiger charge is -2.35. The minimum Gasteiger partial charge on any atom is -0.497 e. The third kappa shape index (κ3) is 6.89. The van der Waals surface area contributed by atoms with Crippen molar-refractivity contribution in [2.75, 3.05) is 20.3 Å². The van der Waals surface area contributed by atoms with Gasteiger partial charge in [-0.25, -0.2) is 14.8 Å². The number of alkyl carbamates (subject to hydrolysis) is 1. The first kappa shape index (κ1) is 33.7. The molecule has 2 amide bonds. The maximum atomic E-state index is 16.0. The van der Waals surface area contributed by atoms with Crippen molar-refractivity contribution in [1.29, 1.82) is 0 Å². The number of benzene rings is 1. The van der Waals surface area contributed by atoms with E-state index in [2.05, 4.69) is 15.3 Å². The molecule has 1 saturated carbocycles. The highest BCUT2D eigenvalue weighted by Gasteiger charge is 2.51. The molecule has 2 aliphatic heterocycles. The zero-order chi connectivity index (χ0) is 33.4. The summed E-state index contributed by atoms with van der Waals surface area (Å²) in [5, 5.41) is 2.76. The van der Waals surface area contributed by atoms with Gasteiger partial charge in [0.15, 0.2) is 11.5 Å². The van der Waals surface area contributed by atoms with E-state index in [0.717, 1.165) is 6.42 Å². The molecule has 5 rings (SSSR count). The second-order valence-electron chi connectivity index (χ2n) is 13.5. The van der Waals surface area contributed by atoms with Gasteiger partial charge in [0.25, 0.3) is 5.92 Å². The zero-order valence-corrected chi connectivity index (χ0v) is 27.3. The van der Waals surface area contributed by atoms with Crippen LogP contribution >= 0.6 is 0 Å². The van der Waals surface area contributed by atoms with Crippen molar-refractivity contribution >= 4 is 28.8 Å². The number of nitrogens with zero attached hydrogens (tertiary/aromatic N) is 3. The van der Waals surface area contributed by atoms with Crippen LogP contribution in [-0.2, 0) is 25.0 Å². The first-order valence-electron chi connectivity index (χ1n) is 16.0. The molecule has 1 N–H and O–H groups in total. The van der Waals surface area contributed by atoms with Crippen molar-refractivity contribution < 1.29 is 42.1 Å². The van der Waals surface area contributed by atoms with Gasteiger partial charge in [0, 0.05) is 25.0 Å². The van der Waals surface area contributed by atoms with Crippen molar-refractivity contribution in [1.82, 2.24) is 20.2 Å². The van der Waals surface area contributed by atoms with E-state index in [9.17, 15) is 14.4 Å². The standard InChI is InChI=1S/C33H44F2N4O7/c1-7-20-25-17-39(26(20)18(2)40)30(41)28(32(3,4)5)38-31(42)46-24-11-8-10-23(24)44-15-9-14-33(34,35)27-29(45-25)37-22-16-19(43-6)12-13-21(22)36-27/h12-13,16,20,23-26,28H,7-11,14-15,17H2,1-6H3,(H,38,42)/t20-,23-,24-,25+,26-,28-/m1/s1. The zero-order valence-electron chi connectivity index (χ0n) is 27.3. The number of Topliss-reactive ketones (excluding diaryl/α,β-unsaturated/α-hetero) is 1. The van der Waals surface area contributed by atoms with E-state index in [1.165, 1.54) is 18.9 Å². The number of alkyl halides is 2. The topological polar surface area (TPSA) is 129 Å². The lowest BCUT2D eigenvalue weighted by atomic mass is 9.85. The van der Waals surface area contributed by atoms with E-state index in [1.807, 2.05) is 6.92 Å². The second-order valence-corrected chi connectivity index (χ2v) is 13.5. The number of hydrogen-bond donors (Lipinski definition) is 1. The molecule has 1 aliphatic carbocycles. The Morgan fingerprint density at radius 2 is 1.83 bits per heavy atom. The van der Waals surface area contributed by atoms with Gasteiger partial charge in [-0.1, -0.05) is 27.7 Å². The number of halogens is 2. The van der Waals surface area contributed by atoms with Crippen molar-refractivity contribution in [3.05, 3.63) is 23.9 Å². The summed E-state index contributed by atoms with van der Waals surface area (Å²) in [6, 6.07) is 2.81. The number of hydrogen-bond acceptors (Lipinski definition) is 9. The Morgan fingerprint density at radius 3 is 2.50 bits per heavy atom. The largest absolute Gasteiger partial charge is 0.497 e. The number of rotatable bonds is 3. The molecule has 3 aliphatic rings. The summed E-state index contributed by atoms with van der Waals surface area (Å²) >= 11 is 0. The molecule has 11 nitrogen and oxygen atoms in total. The Labute approximate surface area is 267 Å². The van der Waals surface area contributed by atoms with E-state index in [1.54, 1.807) is 39.0 Å². The van der Waals surface area contributed by atoms with Gasteiger partial charge in [-0.3, -0.25) is 9.59 Å². The summed E-state index contributed by atoms with van der Waals surface area (Å²) in [4.78, 5) is 50.8. The maximum Gasteiger partial charge on any atom is 0.408 e. The van der Waals surface area contributed by atoms with Crippen LogP contribution in [0, 0.1) is 11.3 Å². The Bertz CT molecular complexity index is 1470. The van der Waals surface area contributed by atoms with E-state index in [-0.39, 0.29) is 36.8 Å². The first-order valence-corrected chi connectivity index (χ1v) is 16.0. The molecule has 0 radical (unpaired) electrons. The Hall–Kier alpha value is -3.61. The van der Waals surface area contributed by atoms with Gasteiger partial charge in [-0.15, -0.1) is 0 Å². The van der Waals surface area contributed by atoms with E-state index in [0.29, 0.717) is 30.5 Å². The summed E-state index contributed by atoms with van der Waals surface area (Å²) in [6.07, 6.45) is -0.926. The van der Waals surface area contributed by atoms with Crippen LogP contribution < -0.4 is 14.8 Å². The molecule has 13 heteroatoms. The van der Waals surface area contributed by atoms with Crippen molar-refractivity contribution in [3.8, 4) is 11.6 Å². The normalized spacial score (nSPS) is 29.1. The monoisotopic (exact) mass is 646 g/mol. The maximum absolute atomic E-state index is 16.0. The van der Waals surface area contributed by atoms with E-state index < -0.39 is 71.8 Å². The predicted octanol–water partition coefficient (Wildman–Crippen LogP) is 5.18. The fourth-order valence-electron chi connectivity index (χ4n) is 6.81. The van der Waals surface area contributed by atoms with Crippen LogP contribution in [0.5, 0.6) is 11.6 Å². The van der Waals surface area contributed by atoms with Gasteiger partial charge in [0.05, 0.1) is 36.8 Å². The van der Waals surface area contributed by atoms with Crippen molar-refractivity contribution in [3.63, 3.8) is 0 Å². The number of nitrogens with one attached hydrogen (secondary N) is 1. The molecule has 2 fully saturated rings. The van der Waals surface area contributed by atoms with Crippen LogP contribution in [0.15, 0.2) is 18.2 Å². The number of aromatic nitrogens is 2. The molecule has 6 atom stereocenters. The molecule has 0 unspecified atom stereocenters. The quantitative estimate of drug-likeness (QED) is 0.480. The molecular formula is C33H44F2N4O7. The van der Waals surface area contributed by atoms with Gasteiger partial charge < -0.3 is 29.2 Å². The first-order chi connectivity index (χ1) is 21.7. The lowest BCUT2D eigenvalue weighted by molar-refractivity contribution is -0.141. The van der Waals surface area contributed by atoms with Gasteiger partial charge in [0.1, 0.15) is 24.0 Å². The molecule has 252 valence electrons. The summed E-state index contributed by atoms with van der Waals surface area (Å²) in [7, 11) is 1.49. The van der Waals surface area contributed by atoms with Crippen LogP contribution in [0.25, 0.3) is 11.0 Å². The minimum atomic E-state index is -3.44. The SMILES string of the molecule is CC[C@@H]1[C@@H]2CN(C(=O)[C@H](C(C)(C)C)NC(=O)O[C@@H]3CCC[C@H]3OCCCC(F)(F)c3nc4ccc(OC)cc4nc3O2)[C@@H]1C(C)=O. The smallest absolute Gasteiger partial charge is 0.408 e. The molecule has 1 aromatic carbocycles. The highest BCUT2D eigenvalue weighted by atomic mass is 19.3. The van der Waals surface area contributed by atoms with Gasteiger partial charge in [0.2, 0.25) is 11.8 Å². The summed E-state index contributed by atoms with van der Waals surface area (Å²) in [5.41, 5.74) is -0.841. The lowest BCUT2D eigenvalue weighted by Crippen LogP contribution is -2.57. The molecular weight excluding hydrogens is 602 g/mol. The Morgan fingerprint density at radius 1 is 1.09 bits per heavy atom. The van der Waals surface area contributed by atoms with Crippen molar-refractivity contribution in [2.45, 2.75) is 109 Å². The van der Waals surface area contributed by atoms with Crippen LogP contribution in [0.3, 0.4) is 0 Å². The van der Waals surface area contributed by atoms with Crippen LogP contribution in [0.4, 0.5) is 13.6 Å². The fraction of sp³-hybridized carbons (Fsp3) is 0.667. The van der Waals surface area contributed by atoms with Gasteiger partial charge in [-0.05, 0) is 56.6 Å². The van der Waals surface area contributed by atoms with Crippen LogP contribution in [0.1, 0.15) is 78.8 Å². The minimum absolute atomic E-state index is 0.00594. The second kappa shape index (κ2) is 13.2. The molecule has 1 saturated heterocycles. The highest BCUT2D eigenvalue weighted by molar-refractivity contribution is 5.92. The Balaban J connectivity index is 1.60. The number of fused-ring (bicyclic) bond motifs is 5. The number of carbonyl (C=O) groups is 3. The molecule has 46 heavy (non-hydrogen) atoms. The number of ketones is 1. The Kier molecular flexibility index (Phi) is 9.72. The number of amides is 2.